The molecule has 0 bridgehead atoms. The zero-order valence-corrected chi connectivity index (χ0v) is 49.0. The smallest absolute Gasteiger partial charge is 0.259 e. The number of nitrogens with one attached hydrogen (secondary N) is 2. The fraction of sp³-hybridized carbons (Fsp3) is 0.766. The van der Waals surface area contributed by atoms with E-state index in [0.717, 1.165) is 188 Å². The molecule has 2 aliphatic carbocycles. The second-order valence-electron chi connectivity index (χ2n) is 26.0. The zero-order chi connectivity index (χ0) is 54.6. The molecule has 8 aliphatic rings. The molecule has 6 atom stereocenters. The van der Waals surface area contributed by atoms with Crippen molar-refractivity contribution in [2.75, 3.05) is 91.5 Å². The predicted octanol–water partition coefficient (Wildman–Crippen LogP) is 10.7. The number of nitrogens with zero attached hydrogens (tertiary/aromatic N) is 5. The van der Waals surface area contributed by atoms with E-state index in [1.54, 1.807) is 7.11 Å². The van der Waals surface area contributed by atoms with Gasteiger partial charge in [-0.05, 0) is 193 Å². The number of aliphatic hydroxyl groups excluding tert-OH is 1. The molecule has 2 amide bonds. The fourth-order valence-electron chi connectivity index (χ4n) is 16.1. The van der Waals surface area contributed by atoms with E-state index in [0.29, 0.717) is 47.6 Å². The number of aliphatic hydroxyl groups is 1. The fourth-order valence-corrected chi connectivity index (χ4v) is 16.1. The van der Waals surface area contributed by atoms with Crippen molar-refractivity contribution in [3.63, 3.8) is 0 Å². The van der Waals surface area contributed by atoms with Crippen LogP contribution in [0.1, 0.15) is 175 Å². The Hall–Kier alpha value is -3.63. The van der Waals surface area contributed by atoms with Crippen LogP contribution in [0, 0.1) is 40.4 Å². The summed E-state index contributed by atoms with van der Waals surface area (Å²) >= 11 is 0. The number of benzene rings is 1. The lowest BCUT2D eigenvalue weighted by Gasteiger charge is -2.57. The molecule has 3 aromatic rings. The maximum Gasteiger partial charge on any atom is 0.259 e. The maximum atomic E-state index is 15.7. The summed E-state index contributed by atoms with van der Waals surface area (Å²) in [5.74, 6) is 2.29. The molecule has 436 valence electrons. The average Bonchev–Trinajstić information content (AvgIpc) is 4.22. The van der Waals surface area contributed by atoms with Crippen molar-refractivity contribution in [3.8, 4) is 11.3 Å². The highest BCUT2D eigenvalue weighted by Crippen LogP contribution is 2.56. The first-order valence-electron chi connectivity index (χ1n) is 31.2. The lowest BCUT2D eigenvalue weighted by molar-refractivity contribution is -0.192. The van der Waals surface area contributed by atoms with Gasteiger partial charge in [-0.25, -0.2) is 5.43 Å². The van der Waals surface area contributed by atoms with Crippen LogP contribution in [0.15, 0.2) is 30.5 Å². The number of rotatable bonds is 17. The van der Waals surface area contributed by atoms with E-state index in [2.05, 4.69) is 90.2 Å². The highest BCUT2D eigenvalue weighted by Gasteiger charge is 2.55. The van der Waals surface area contributed by atoms with Gasteiger partial charge in [0.15, 0.2) is 0 Å². The van der Waals surface area contributed by atoms with Crippen LogP contribution in [0.4, 0.5) is 5.69 Å². The molecule has 11 rings (SSSR count). The molecule has 14 nitrogen and oxygen atoms in total. The Balaban J connectivity index is 0.00000208. The number of carbonyl (C=O) groups is 2. The number of methoxy groups -OCH3 is 1. The highest BCUT2D eigenvalue weighted by atomic mass is 16.5. The number of hydrogen-bond acceptors (Lipinski definition) is 11. The third-order valence-corrected chi connectivity index (χ3v) is 20.9. The van der Waals surface area contributed by atoms with Crippen LogP contribution < -0.4 is 15.6 Å². The van der Waals surface area contributed by atoms with Crippen LogP contribution in [0.2, 0.25) is 0 Å². The maximum absolute atomic E-state index is 15.7. The number of fused-ring (bicyclic) bond motifs is 1. The Morgan fingerprint density at radius 1 is 0.872 bits per heavy atom. The second-order valence-corrected chi connectivity index (χ2v) is 26.0. The molecule has 1 aromatic carbocycles. The first kappa shape index (κ1) is 57.6. The monoisotopic (exact) mass is 1080 g/mol. The number of anilines is 1. The molecule has 78 heavy (non-hydrogen) atoms. The van der Waals surface area contributed by atoms with Crippen molar-refractivity contribution in [3.05, 3.63) is 47.3 Å². The summed E-state index contributed by atoms with van der Waals surface area (Å²) in [5.41, 5.74) is 12.5. The molecule has 0 radical (unpaired) electrons. The SMILES string of the molecule is CCn1c(-c2cc(C3CCOCC3)cnc2[C@H](C)OC)c(CC(C)(C)CC)c2cc(N3CC[C@H]([C@H](NC(=O)[C@H](C4CCCC4)N4CCC[C@@H]4C4CCOCC4)C(=O)N4CCCCN4)[C@@H](C4CC5(COC5)C4)CC3)ccc21.CO.[HH].[HH]. The van der Waals surface area contributed by atoms with Gasteiger partial charge in [0.2, 0.25) is 5.91 Å². The van der Waals surface area contributed by atoms with Crippen LogP contribution >= 0.6 is 0 Å². The van der Waals surface area contributed by atoms with E-state index >= 15 is 9.59 Å². The van der Waals surface area contributed by atoms with Crippen molar-refractivity contribution < 1.29 is 36.5 Å². The number of aryl methyl sites for hydroxylation is 1. The largest absolute Gasteiger partial charge is 0.400 e. The Morgan fingerprint density at radius 2 is 1.60 bits per heavy atom. The van der Waals surface area contributed by atoms with Crippen LogP contribution in [0.25, 0.3) is 22.2 Å². The Morgan fingerprint density at radius 3 is 2.27 bits per heavy atom. The van der Waals surface area contributed by atoms with Gasteiger partial charge in [0.05, 0.1) is 36.7 Å². The number of likely N-dealkylation sites (tertiary alicyclic amines) is 1. The molecule has 2 saturated carbocycles. The summed E-state index contributed by atoms with van der Waals surface area (Å²) in [6.07, 6.45) is 21.1. The predicted molar refractivity (Wildman–Crippen MR) is 314 cm³/mol. The zero-order valence-electron chi connectivity index (χ0n) is 49.0. The summed E-state index contributed by atoms with van der Waals surface area (Å²) in [6, 6.07) is 9.35. The molecule has 6 aliphatic heterocycles. The summed E-state index contributed by atoms with van der Waals surface area (Å²) in [6.45, 7) is 21.5. The third kappa shape index (κ3) is 12.0. The standard InChI is InChI=1S/C63H95N7O6.CH4O.2H2/c1-7-62(4,5)38-53-51-35-48(17-18-55(51)68(8-2)59(53)52-34-46(43-21-30-74-31-22-43)39-64-56(52)42(3)73-6)67-28-19-49(47-36-63(37-47)40-76-41-63)50(20-29-67)57(61(72)70-27-12-11-25-65-70)66-60(71)58(45-14-9-10-15-45)69-26-13-16-54(69)44-23-32-75-33-24-44;1-2;;/h17-18,34-35,39,42-45,47,49-50,54,57-58,65H,7-16,19-33,36-38,40-41H2,1-6H3,(H,66,71);2H,1H3;2*1H/t42-,49+,50-,54+,57-,58-;;;/m0.../s1. The average molecular weight is 1080 g/mol. The highest BCUT2D eigenvalue weighted by molar-refractivity contribution is 5.95. The van der Waals surface area contributed by atoms with Gasteiger partial charge in [-0.3, -0.25) is 24.5 Å². The van der Waals surface area contributed by atoms with Gasteiger partial charge < -0.3 is 38.8 Å². The molecule has 8 fully saturated rings. The minimum atomic E-state index is -0.592. The Bertz CT molecular complexity index is 2470. The van der Waals surface area contributed by atoms with Gasteiger partial charge in [-0.1, -0.05) is 40.0 Å². The van der Waals surface area contributed by atoms with Crippen LogP contribution in [-0.4, -0.2) is 141 Å². The summed E-state index contributed by atoms with van der Waals surface area (Å²) in [4.78, 5) is 41.7. The second kappa shape index (κ2) is 25.7. The molecule has 2 aromatic heterocycles. The number of amides is 2. The van der Waals surface area contributed by atoms with Gasteiger partial charge in [0.25, 0.3) is 5.91 Å². The summed E-state index contributed by atoms with van der Waals surface area (Å²) in [7, 11) is 2.80. The lowest BCUT2D eigenvalue weighted by Crippen LogP contribution is -2.63. The number of aromatic nitrogens is 2. The topological polar surface area (TPSA) is 143 Å². The first-order chi connectivity index (χ1) is 38.0. The number of pyridine rings is 1. The minimum absolute atomic E-state index is 0. The lowest BCUT2D eigenvalue weighted by atomic mass is 9.54. The first-order valence-corrected chi connectivity index (χ1v) is 31.2. The summed E-state index contributed by atoms with van der Waals surface area (Å²) in [5, 5.41) is 14.0. The van der Waals surface area contributed by atoms with Crippen molar-refractivity contribution in [1.82, 2.24) is 30.2 Å². The van der Waals surface area contributed by atoms with Gasteiger partial charge in [-0.15, -0.1) is 0 Å². The Kier molecular flexibility index (Phi) is 18.9. The number of hydrogen-bond donors (Lipinski definition) is 3. The van der Waals surface area contributed by atoms with Crippen LogP contribution in [0.3, 0.4) is 0 Å². The molecule has 0 unspecified atom stereocenters. The van der Waals surface area contributed by atoms with E-state index in [1.807, 2.05) is 5.01 Å². The van der Waals surface area contributed by atoms with Crippen molar-refractivity contribution in [1.29, 1.82) is 0 Å². The van der Waals surface area contributed by atoms with Gasteiger partial charge in [0, 0.05) is 116 Å². The Labute approximate surface area is 470 Å². The molecular formula is C64H103N7O7. The molecule has 1 spiro atoms. The molecule has 3 N–H and O–H groups in total. The van der Waals surface area contributed by atoms with Crippen molar-refractivity contribution >= 4 is 28.4 Å². The quantitative estimate of drug-likeness (QED) is 0.119. The van der Waals surface area contributed by atoms with Crippen molar-refractivity contribution in [2.45, 2.75) is 187 Å². The van der Waals surface area contributed by atoms with Crippen LogP contribution in [0.5, 0.6) is 0 Å². The van der Waals surface area contributed by atoms with E-state index in [1.165, 1.54) is 51.8 Å². The molecule has 6 saturated heterocycles. The minimum Gasteiger partial charge on any atom is -0.400 e. The number of ether oxygens (including phenoxy) is 4. The normalized spacial score (nSPS) is 26.2. The molecule has 14 heteroatoms. The van der Waals surface area contributed by atoms with Gasteiger partial charge in [-0.2, -0.15) is 0 Å². The van der Waals surface area contributed by atoms with Gasteiger partial charge in [0.1, 0.15) is 6.04 Å². The van der Waals surface area contributed by atoms with Gasteiger partial charge >= 0.3 is 0 Å². The third-order valence-electron chi connectivity index (χ3n) is 20.9. The van der Waals surface area contributed by atoms with E-state index in [9.17, 15) is 0 Å². The van der Waals surface area contributed by atoms with Crippen LogP contribution in [-0.2, 0) is 41.5 Å². The number of hydrazine groups is 1. The van der Waals surface area contributed by atoms with E-state index < -0.39 is 6.04 Å². The van der Waals surface area contributed by atoms with Crippen molar-refractivity contribution in [2.24, 2.45) is 40.4 Å². The number of carbonyl (C=O) groups excluding carboxylic acids is 2. The molecular weight excluding hydrogens is 979 g/mol. The summed E-state index contributed by atoms with van der Waals surface area (Å²) < 4.78 is 26.2. The van der Waals surface area contributed by atoms with E-state index in [4.69, 9.17) is 29.0 Å². The molecule has 8 heterocycles. The van der Waals surface area contributed by atoms with E-state index in [-0.39, 0.29) is 38.1 Å².